The van der Waals surface area contributed by atoms with Crippen LogP contribution in [-0.4, -0.2) is 17.2 Å². The van der Waals surface area contributed by atoms with Gasteiger partial charge in [-0.2, -0.15) is 0 Å². The Hall–Kier alpha value is -2.39. The molecule has 0 aliphatic heterocycles. The lowest BCUT2D eigenvalue weighted by Crippen LogP contribution is -2.02. The molecule has 1 heterocycles. The van der Waals surface area contributed by atoms with E-state index in [4.69, 9.17) is 4.74 Å². The van der Waals surface area contributed by atoms with Crippen LogP contribution in [0, 0.1) is 0 Å². The predicted molar refractivity (Wildman–Crippen MR) is 83.4 cm³/mol. The summed E-state index contributed by atoms with van der Waals surface area (Å²) in [5.41, 5.74) is 2.01. The molecule has 0 aliphatic carbocycles. The van der Waals surface area contributed by atoms with Crippen molar-refractivity contribution in [3.8, 4) is 5.75 Å². The standard InChI is InChI=1S/C18H17NO2/c1-21-15-7-5-13(6-8-15)11-18(20)17-4-2-3-14-12-19-10-9-16(14)17/h2-10,12,18,20H,11H2,1H3. The highest BCUT2D eigenvalue weighted by molar-refractivity contribution is 5.85. The van der Waals surface area contributed by atoms with E-state index in [1.54, 1.807) is 13.3 Å². The lowest BCUT2D eigenvalue weighted by Gasteiger charge is -2.14. The number of hydrogen-bond acceptors (Lipinski definition) is 3. The molecule has 21 heavy (non-hydrogen) atoms. The van der Waals surface area contributed by atoms with E-state index >= 15 is 0 Å². The molecule has 1 aromatic heterocycles. The minimum atomic E-state index is -0.538. The summed E-state index contributed by atoms with van der Waals surface area (Å²) >= 11 is 0. The minimum absolute atomic E-state index is 0.538. The van der Waals surface area contributed by atoms with E-state index < -0.39 is 6.10 Å². The summed E-state index contributed by atoms with van der Waals surface area (Å²) in [6.45, 7) is 0. The highest BCUT2D eigenvalue weighted by atomic mass is 16.5. The van der Waals surface area contributed by atoms with Crippen molar-refractivity contribution in [2.24, 2.45) is 0 Å². The van der Waals surface area contributed by atoms with E-state index in [2.05, 4.69) is 4.98 Å². The maximum atomic E-state index is 10.5. The number of pyridine rings is 1. The van der Waals surface area contributed by atoms with E-state index in [0.717, 1.165) is 27.6 Å². The van der Waals surface area contributed by atoms with Gasteiger partial charge >= 0.3 is 0 Å². The third-order valence-corrected chi connectivity index (χ3v) is 3.66. The summed E-state index contributed by atoms with van der Waals surface area (Å²) in [7, 11) is 1.65. The Morgan fingerprint density at radius 2 is 1.90 bits per heavy atom. The van der Waals surface area contributed by atoms with Gasteiger partial charge in [0.1, 0.15) is 5.75 Å². The summed E-state index contributed by atoms with van der Waals surface area (Å²) < 4.78 is 5.15. The molecule has 3 rings (SSSR count). The average Bonchev–Trinajstić information content (AvgIpc) is 2.55. The molecule has 0 saturated heterocycles. The molecule has 0 aliphatic rings. The van der Waals surface area contributed by atoms with Crippen LogP contribution in [0.2, 0.25) is 0 Å². The monoisotopic (exact) mass is 279 g/mol. The molecule has 3 nitrogen and oxygen atoms in total. The van der Waals surface area contributed by atoms with Gasteiger partial charge in [0.15, 0.2) is 0 Å². The first-order valence-corrected chi connectivity index (χ1v) is 6.91. The van der Waals surface area contributed by atoms with Crippen LogP contribution in [0.4, 0.5) is 0 Å². The third kappa shape index (κ3) is 2.88. The Morgan fingerprint density at radius 1 is 1.10 bits per heavy atom. The number of hydrogen-bond donors (Lipinski definition) is 1. The molecule has 1 atom stereocenters. The Bertz CT molecular complexity index is 732. The van der Waals surface area contributed by atoms with Gasteiger partial charge in [-0.05, 0) is 34.7 Å². The second-order valence-corrected chi connectivity index (χ2v) is 5.01. The van der Waals surface area contributed by atoms with Gasteiger partial charge in [-0.25, -0.2) is 0 Å². The molecular weight excluding hydrogens is 262 g/mol. The van der Waals surface area contributed by atoms with Crippen molar-refractivity contribution in [2.75, 3.05) is 7.11 Å². The summed E-state index contributed by atoms with van der Waals surface area (Å²) in [5.74, 6) is 0.824. The van der Waals surface area contributed by atoms with Gasteiger partial charge in [-0.1, -0.05) is 30.3 Å². The maximum Gasteiger partial charge on any atom is 0.118 e. The van der Waals surface area contributed by atoms with Gasteiger partial charge in [-0.3, -0.25) is 4.98 Å². The number of methoxy groups -OCH3 is 1. The molecule has 106 valence electrons. The number of benzene rings is 2. The van der Waals surface area contributed by atoms with Gasteiger partial charge in [0.05, 0.1) is 13.2 Å². The zero-order valence-electron chi connectivity index (χ0n) is 11.9. The van der Waals surface area contributed by atoms with E-state index in [-0.39, 0.29) is 0 Å². The summed E-state index contributed by atoms with van der Waals surface area (Å²) in [6, 6.07) is 15.7. The molecule has 0 radical (unpaired) electrons. The van der Waals surface area contributed by atoms with Crippen molar-refractivity contribution < 1.29 is 9.84 Å². The van der Waals surface area contributed by atoms with Crippen molar-refractivity contribution >= 4 is 10.8 Å². The van der Waals surface area contributed by atoms with E-state index in [1.807, 2.05) is 54.7 Å². The van der Waals surface area contributed by atoms with Crippen LogP contribution in [0.25, 0.3) is 10.8 Å². The summed E-state index contributed by atoms with van der Waals surface area (Å²) in [4.78, 5) is 4.12. The van der Waals surface area contributed by atoms with Gasteiger partial charge in [0.25, 0.3) is 0 Å². The smallest absolute Gasteiger partial charge is 0.118 e. The average molecular weight is 279 g/mol. The Morgan fingerprint density at radius 3 is 2.67 bits per heavy atom. The highest BCUT2D eigenvalue weighted by Crippen LogP contribution is 2.26. The maximum absolute atomic E-state index is 10.5. The first kappa shape index (κ1) is 13.6. The number of fused-ring (bicyclic) bond motifs is 1. The molecule has 0 spiro atoms. The molecule has 0 saturated carbocycles. The Balaban J connectivity index is 1.88. The second kappa shape index (κ2) is 5.94. The fraction of sp³-hybridized carbons (Fsp3) is 0.167. The fourth-order valence-corrected chi connectivity index (χ4v) is 2.53. The molecule has 1 unspecified atom stereocenters. The van der Waals surface area contributed by atoms with E-state index in [1.165, 1.54) is 0 Å². The van der Waals surface area contributed by atoms with Crippen molar-refractivity contribution in [2.45, 2.75) is 12.5 Å². The number of aliphatic hydroxyl groups excluding tert-OH is 1. The van der Waals surface area contributed by atoms with Crippen LogP contribution in [0.5, 0.6) is 5.75 Å². The second-order valence-electron chi connectivity index (χ2n) is 5.01. The lowest BCUT2D eigenvalue weighted by molar-refractivity contribution is 0.180. The molecular formula is C18H17NO2. The fourth-order valence-electron chi connectivity index (χ4n) is 2.53. The van der Waals surface area contributed by atoms with E-state index in [9.17, 15) is 5.11 Å². The Kier molecular flexibility index (Phi) is 3.84. The normalized spacial score (nSPS) is 12.3. The topological polar surface area (TPSA) is 42.4 Å². The van der Waals surface area contributed by atoms with Gasteiger partial charge in [0, 0.05) is 24.2 Å². The molecule has 3 heteroatoms. The molecule has 0 bridgehead atoms. The molecule has 2 aromatic carbocycles. The highest BCUT2D eigenvalue weighted by Gasteiger charge is 2.12. The van der Waals surface area contributed by atoms with Crippen LogP contribution >= 0.6 is 0 Å². The zero-order chi connectivity index (χ0) is 14.7. The third-order valence-electron chi connectivity index (χ3n) is 3.66. The van der Waals surface area contributed by atoms with Crippen molar-refractivity contribution in [1.82, 2.24) is 4.98 Å². The molecule has 3 aromatic rings. The van der Waals surface area contributed by atoms with E-state index in [0.29, 0.717) is 6.42 Å². The molecule has 0 fully saturated rings. The van der Waals surface area contributed by atoms with Crippen LogP contribution < -0.4 is 4.74 Å². The summed E-state index contributed by atoms with van der Waals surface area (Å²) in [6.07, 6.45) is 3.61. The van der Waals surface area contributed by atoms with Gasteiger partial charge in [0.2, 0.25) is 0 Å². The minimum Gasteiger partial charge on any atom is -0.497 e. The number of rotatable bonds is 4. The predicted octanol–water partition coefficient (Wildman–Crippen LogP) is 3.52. The largest absolute Gasteiger partial charge is 0.497 e. The number of ether oxygens (including phenoxy) is 1. The van der Waals surface area contributed by atoms with Crippen molar-refractivity contribution in [1.29, 1.82) is 0 Å². The first-order valence-electron chi connectivity index (χ1n) is 6.91. The molecule has 1 N–H and O–H groups in total. The zero-order valence-corrected chi connectivity index (χ0v) is 11.9. The number of aromatic nitrogens is 1. The summed E-state index contributed by atoms with van der Waals surface area (Å²) in [5, 5.41) is 12.6. The Labute approximate surface area is 123 Å². The lowest BCUT2D eigenvalue weighted by atomic mass is 9.97. The van der Waals surface area contributed by atoms with Gasteiger partial charge in [-0.15, -0.1) is 0 Å². The van der Waals surface area contributed by atoms with Crippen LogP contribution in [0.3, 0.4) is 0 Å². The number of nitrogens with zero attached hydrogens (tertiary/aromatic N) is 1. The SMILES string of the molecule is COc1ccc(CC(O)c2cccc3cnccc23)cc1. The molecule has 0 amide bonds. The van der Waals surface area contributed by atoms with Crippen LogP contribution in [-0.2, 0) is 6.42 Å². The quantitative estimate of drug-likeness (QED) is 0.794. The van der Waals surface area contributed by atoms with Crippen LogP contribution in [0.15, 0.2) is 60.9 Å². The van der Waals surface area contributed by atoms with Gasteiger partial charge < -0.3 is 9.84 Å². The van der Waals surface area contributed by atoms with Crippen molar-refractivity contribution in [3.05, 3.63) is 72.1 Å². The van der Waals surface area contributed by atoms with Crippen LogP contribution in [0.1, 0.15) is 17.2 Å². The first-order chi connectivity index (χ1) is 10.3. The van der Waals surface area contributed by atoms with Crippen molar-refractivity contribution in [3.63, 3.8) is 0 Å². The number of aliphatic hydroxyl groups is 1.